The van der Waals surface area contributed by atoms with Gasteiger partial charge in [-0.15, -0.1) is 0 Å². The van der Waals surface area contributed by atoms with E-state index in [0.717, 1.165) is 18.5 Å². The van der Waals surface area contributed by atoms with Crippen LogP contribution in [-0.4, -0.2) is 27.4 Å². The summed E-state index contributed by atoms with van der Waals surface area (Å²) in [5.74, 6) is -2.46. The second-order valence-corrected chi connectivity index (χ2v) is 6.16. The third-order valence-corrected chi connectivity index (χ3v) is 4.37. The van der Waals surface area contributed by atoms with Gasteiger partial charge in [-0.05, 0) is 31.9 Å². The Morgan fingerprint density at radius 1 is 1.08 bits per heavy atom. The van der Waals surface area contributed by atoms with Crippen LogP contribution >= 0.6 is 0 Å². The smallest absolute Gasteiger partial charge is 0.348 e. The Kier molecular flexibility index (Phi) is 3.31. The first-order valence-corrected chi connectivity index (χ1v) is 7.90. The van der Waals surface area contributed by atoms with E-state index in [0.29, 0.717) is 5.06 Å². The van der Waals surface area contributed by atoms with Gasteiger partial charge in [-0.25, -0.2) is 4.79 Å². The van der Waals surface area contributed by atoms with Gasteiger partial charge >= 0.3 is 5.97 Å². The zero-order valence-corrected chi connectivity index (χ0v) is 13.4. The second-order valence-electron chi connectivity index (χ2n) is 6.16. The molecule has 1 aliphatic carbocycles. The lowest BCUT2D eigenvalue weighted by Crippen LogP contribution is -2.34. The number of pyridine rings is 1. The van der Waals surface area contributed by atoms with Crippen LogP contribution in [0, 0.1) is 6.92 Å². The highest BCUT2D eigenvalue weighted by atomic mass is 16.7. The highest BCUT2D eigenvalue weighted by Gasteiger charge is 2.39. The molecule has 0 radical (unpaired) electrons. The average molecular weight is 338 g/mol. The van der Waals surface area contributed by atoms with E-state index in [1.165, 1.54) is 24.4 Å². The number of rotatable bonds is 3. The lowest BCUT2D eigenvalue weighted by molar-refractivity contribution is -0.0586. The van der Waals surface area contributed by atoms with Crippen molar-refractivity contribution in [3.63, 3.8) is 0 Å². The summed E-state index contributed by atoms with van der Waals surface area (Å²) in [6.07, 6.45) is 3.41. The van der Waals surface area contributed by atoms with Gasteiger partial charge in [-0.2, -0.15) is 0 Å². The molecule has 0 atom stereocenters. The normalized spacial score (nSPS) is 16.1. The maximum Gasteiger partial charge on any atom is 0.369 e. The van der Waals surface area contributed by atoms with E-state index < -0.39 is 23.2 Å². The molecular formula is C18H14N2O5. The zero-order valence-electron chi connectivity index (χ0n) is 13.4. The van der Waals surface area contributed by atoms with Crippen LogP contribution in [0.4, 0.5) is 0 Å². The quantitative estimate of drug-likeness (QED) is 0.798. The summed E-state index contributed by atoms with van der Waals surface area (Å²) >= 11 is 0. The van der Waals surface area contributed by atoms with Crippen molar-refractivity contribution >= 4 is 17.8 Å². The van der Waals surface area contributed by atoms with E-state index in [1.807, 2.05) is 4.57 Å². The lowest BCUT2D eigenvalue weighted by Gasteiger charge is -2.14. The van der Waals surface area contributed by atoms with Crippen LogP contribution in [0.15, 0.2) is 41.3 Å². The van der Waals surface area contributed by atoms with Crippen LogP contribution in [0.1, 0.15) is 55.7 Å². The third kappa shape index (κ3) is 2.44. The summed E-state index contributed by atoms with van der Waals surface area (Å²) in [6.45, 7) is 1.79. The van der Waals surface area contributed by atoms with Gasteiger partial charge in [0.2, 0.25) is 0 Å². The number of hydrogen-bond acceptors (Lipinski definition) is 5. The fourth-order valence-corrected chi connectivity index (χ4v) is 2.93. The van der Waals surface area contributed by atoms with E-state index in [-0.39, 0.29) is 22.7 Å². The standard InChI is InChI=1S/C18H14N2O5/c1-10-8-15(21)14(9-19(10)11-6-7-11)18(24)25-20-16(22)12-4-2-3-5-13(12)17(20)23/h2-5,8-9,11H,6-7H2,1H3. The Labute approximate surface area is 142 Å². The van der Waals surface area contributed by atoms with Crippen LogP contribution in [0.5, 0.6) is 0 Å². The van der Waals surface area contributed by atoms with Gasteiger partial charge in [0.05, 0.1) is 11.1 Å². The molecule has 0 spiro atoms. The van der Waals surface area contributed by atoms with E-state index in [4.69, 9.17) is 4.84 Å². The number of aryl methyl sites for hydroxylation is 1. The molecule has 2 amide bonds. The van der Waals surface area contributed by atoms with Gasteiger partial charge in [0.25, 0.3) is 11.8 Å². The first-order valence-electron chi connectivity index (χ1n) is 7.90. The van der Waals surface area contributed by atoms with Gasteiger partial charge in [-0.3, -0.25) is 14.4 Å². The Morgan fingerprint density at radius 2 is 1.68 bits per heavy atom. The fourth-order valence-electron chi connectivity index (χ4n) is 2.93. The molecule has 2 heterocycles. The molecule has 1 aliphatic heterocycles. The molecule has 2 aliphatic rings. The second kappa shape index (κ2) is 5.41. The number of imide groups is 1. The van der Waals surface area contributed by atoms with Crippen molar-refractivity contribution in [3.05, 3.63) is 69.1 Å². The largest absolute Gasteiger partial charge is 0.369 e. The Bertz CT molecular complexity index is 952. The SMILES string of the molecule is Cc1cc(=O)c(C(=O)ON2C(=O)c3ccccc3C2=O)cn1C1CC1. The highest BCUT2D eigenvalue weighted by Crippen LogP contribution is 2.35. The van der Waals surface area contributed by atoms with Gasteiger partial charge in [0, 0.05) is 24.0 Å². The number of aromatic nitrogens is 1. The van der Waals surface area contributed by atoms with Gasteiger partial charge in [0.15, 0.2) is 5.43 Å². The predicted molar refractivity (Wildman–Crippen MR) is 86.1 cm³/mol. The third-order valence-electron chi connectivity index (χ3n) is 4.37. The molecule has 7 nitrogen and oxygen atoms in total. The molecule has 0 N–H and O–H groups in total. The minimum Gasteiger partial charge on any atom is -0.348 e. The minimum atomic E-state index is -1.02. The maximum absolute atomic E-state index is 12.4. The van der Waals surface area contributed by atoms with Crippen LogP contribution in [0.2, 0.25) is 0 Å². The Morgan fingerprint density at radius 3 is 2.24 bits per heavy atom. The van der Waals surface area contributed by atoms with Crippen molar-refractivity contribution in [1.29, 1.82) is 0 Å². The molecule has 1 aromatic heterocycles. The van der Waals surface area contributed by atoms with Gasteiger partial charge in [0.1, 0.15) is 5.56 Å². The highest BCUT2D eigenvalue weighted by molar-refractivity contribution is 6.21. The Balaban J connectivity index is 1.63. The van der Waals surface area contributed by atoms with E-state index in [9.17, 15) is 19.2 Å². The van der Waals surface area contributed by atoms with Gasteiger partial charge in [-0.1, -0.05) is 17.2 Å². The van der Waals surface area contributed by atoms with Crippen molar-refractivity contribution in [2.45, 2.75) is 25.8 Å². The van der Waals surface area contributed by atoms with E-state index in [1.54, 1.807) is 19.1 Å². The molecular weight excluding hydrogens is 324 g/mol. The summed E-state index contributed by atoms with van der Waals surface area (Å²) in [6, 6.07) is 7.82. The van der Waals surface area contributed by atoms with Crippen molar-refractivity contribution < 1.29 is 19.2 Å². The minimum absolute atomic E-state index is 0.166. The molecule has 1 aromatic carbocycles. The fraction of sp³-hybridized carbons (Fsp3) is 0.222. The first-order chi connectivity index (χ1) is 12.0. The van der Waals surface area contributed by atoms with Crippen molar-refractivity contribution in [3.8, 4) is 0 Å². The van der Waals surface area contributed by atoms with Crippen molar-refractivity contribution in [2.24, 2.45) is 0 Å². The average Bonchev–Trinajstić information content (AvgIpc) is 3.40. The number of nitrogens with zero attached hydrogens (tertiary/aromatic N) is 2. The molecule has 0 saturated heterocycles. The summed E-state index contributed by atoms with van der Waals surface area (Å²) < 4.78 is 1.85. The molecule has 4 rings (SSSR count). The number of benzene rings is 1. The van der Waals surface area contributed by atoms with Gasteiger partial charge < -0.3 is 9.40 Å². The summed E-state index contributed by atoms with van der Waals surface area (Å²) in [5, 5.41) is 0.410. The molecule has 126 valence electrons. The molecule has 7 heteroatoms. The number of hydroxylamine groups is 2. The van der Waals surface area contributed by atoms with E-state index in [2.05, 4.69) is 0 Å². The predicted octanol–water partition coefficient (Wildman–Crippen LogP) is 1.86. The van der Waals surface area contributed by atoms with Crippen molar-refractivity contribution in [2.75, 3.05) is 0 Å². The molecule has 0 unspecified atom stereocenters. The van der Waals surface area contributed by atoms with Crippen LogP contribution in [0.3, 0.4) is 0 Å². The monoisotopic (exact) mass is 338 g/mol. The molecule has 1 saturated carbocycles. The Hall–Kier alpha value is -3.22. The lowest BCUT2D eigenvalue weighted by atomic mass is 10.1. The van der Waals surface area contributed by atoms with Crippen LogP contribution < -0.4 is 5.43 Å². The van der Waals surface area contributed by atoms with E-state index >= 15 is 0 Å². The maximum atomic E-state index is 12.4. The molecule has 0 bridgehead atoms. The number of carbonyl (C=O) groups excluding carboxylic acids is 3. The van der Waals surface area contributed by atoms with Crippen LogP contribution in [-0.2, 0) is 4.84 Å². The topological polar surface area (TPSA) is 85.7 Å². The summed E-state index contributed by atoms with van der Waals surface area (Å²) in [4.78, 5) is 54.0. The number of amides is 2. The molecule has 25 heavy (non-hydrogen) atoms. The molecule has 2 aromatic rings. The zero-order chi connectivity index (χ0) is 17.7. The summed E-state index contributed by atoms with van der Waals surface area (Å²) in [5.41, 5.74) is 0.383. The molecule has 1 fully saturated rings. The van der Waals surface area contributed by atoms with Crippen molar-refractivity contribution in [1.82, 2.24) is 9.63 Å². The number of hydrogen-bond donors (Lipinski definition) is 0. The summed E-state index contributed by atoms with van der Waals surface area (Å²) in [7, 11) is 0. The number of fused-ring (bicyclic) bond motifs is 1. The number of carbonyl (C=O) groups is 3. The first kappa shape index (κ1) is 15.3. The van der Waals surface area contributed by atoms with Crippen LogP contribution in [0.25, 0.3) is 0 Å².